The van der Waals surface area contributed by atoms with Crippen molar-refractivity contribution in [2.45, 2.75) is 32.2 Å². The van der Waals surface area contributed by atoms with Crippen LogP contribution in [0.4, 0.5) is 0 Å². The van der Waals surface area contributed by atoms with Crippen LogP contribution in [0.3, 0.4) is 0 Å². The van der Waals surface area contributed by atoms with E-state index in [-0.39, 0.29) is 12.0 Å². The van der Waals surface area contributed by atoms with Crippen molar-refractivity contribution in [3.05, 3.63) is 29.8 Å². The normalized spacial score (nSPS) is 22.1. The van der Waals surface area contributed by atoms with Gasteiger partial charge in [-0.25, -0.2) is 0 Å². The Hall–Kier alpha value is -1.55. The number of rotatable bonds is 4. The van der Waals surface area contributed by atoms with Gasteiger partial charge in [0, 0.05) is 18.2 Å². The topological polar surface area (TPSA) is 60.8 Å². The minimum Gasteiger partial charge on any atom is -0.508 e. The fourth-order valence-electron chi connectivity index (χ4n) is 2.94. The summed E-state index contributed by atoms with van der Waals surface area (Å²) in [4.78, 5) is 13.3. The van der Waals surface area contributed by atoms with Crippen molar-refractivity contribution < 1.29 is 15.0 Å². The maximum Gasteiger partial charge on any atom is 0.307 e. The molecule has 0 radical (unpaired) electrons. The molecule has 19 heavy (non-hydrogen) atoms. The molecule has 0 spiro atoms. The van der Waals surface area contributed by atoms with Gasteiger partial charge in [0.15, 0.2) is 0 Å². The Labute approximate surface area is 113 Å². The molecule has 2 atom stereocenters. The van der Waals surface area contributed by atoms with Crippen molar-refractivity contribution in [2.24, 2.45) is 5.92 Å². The summed E-state index contributed by atoms with van der Waals surface area (Å²) in [7, 11) is 0. The van der Waals surface area contributed by atoms with Crippen LogP contribution in [0.2, 0.25) is 0 Å². The fourth-order valence-corrected chi connectivity index (χ4v) is 2.94. The molecule has 1 aliphatic heterocycles. The van der Waals surface area contributed by atoms with Gasteiger partial charge >= 0.3 is 5.97 Å². The van der Waals surface area contributed by atoms with Gasteiger partial charge in [-0.15, -0.1) is 0 Å². The third kappa shape index (κ3) is 3.07. The third-order valence-electron chi connectivity index (χ3n) is 3.93. The highest BCUT2D eigenvalue weighted by atomic mass is 16.4. The molecule has 1 fully saturated rings. The Balaban J connectivity index is 2.18. The van der Waals surface area contributed by atoms with Gasteiger partial charge in [0.2, 0.25) is 0 Å². The van der Waals surface area contributed by atoms with Crippen molar-refractivity contribution in [3.63, 3.8) is 0 Å². The lowest BCUT2D eigenvalue weighted by Gasteiger charge is -2.37. The number of piperidine rings is 1. The van der Waals surface area contributed by atoms with Crippen molar-refractivity contribution >= 4 is 5.97 Å². The van der Waals surface area contributed by atoms with Gasteiger partial charge in [0.05, 0.1) is 5.92 Å². The minimum absolute atomic E-state index is 0.100. The highest BCUT2D eigenvalue weighted by Crippen LogP contribution is 2.33. The highest BCUT2D eigenvalue weighted by Gasteiger charge is 2.30. The zero-order valence-corrected chi connectivity index (χ0v) is 11.2. The first kappa shape index (κ1) is 13.9. The van der Waals surface area contributed by atoms with Crippen LogP contribution >= 0.6 is 0 Å². The molecule has 0 bridgehead atoms. The summed E-state index contributed by atoms with van der Waals surface area (Å²) in [5, 5.41) is 19.1. The average molecular weight is 263 g/mol. The summed E-state index contributed by atoms with van der Waals surface area (Å²) < 4.78 is 0. The standard InChI is InChI=1S/C15H21NO3/c1-2-13(12-7-3-4-8-14(12)17)16-9-5-6-11(10-16)15(18)19/h3-4,7-8,11,13,17H,2,5-6,9-10H2,1H3,(H,18,19). The lowest BCUT2D eigenvalue weighted by Crippen LogP contribution is -2.40. The van der Waals surface area contributed by atoms with Crippen LogP contribution in [0.25, 0.3) is 0 Å². The SMILES string of the molecule is CCC(c1ccccc1O)N1CCCC(C(=O)O)C1. The van der Waals surface area contributed by atoms with E-state index in [2.05, 4.69) is 11.8 Å². The van der Waals surface area contributed by atoms with Crippen LogP contribution in [0.15, 0.2) is 24.3 Å². The quantitative estimate of drug-likeness (QED) is 0.876. The van der Waals surface area contributed by atoms with Gasteiger partial charge in [-0.1, -0.05) is 25.1 Å². The predicted octanol–water partition coefficient (Wildman–Crippen LogP) is 2.64. The summed E-state index contributed by atoms with van der Waals surface area (Å²) >= 11 is 0. The monoisotopic (exact) mass is 263 g/mol. The first-order valence-electron chi connectivity index (χ1n) is 6.88. The van der Waals surface area contributed by atoms with Gasteiger partial charge in [-0.05, 0) is 31.9 Å². The molecule has 4 heteroatoms. The minimum atomic E-state index is -0.711. The Morgan fingerprint density at radius 2 is 2.21 bits per heavy atom. The molecule has 1 aromatic carbocycles. The van der Waals surface area contributed by atoms with Gasteiger partial charge in [0.1, 0.15) is 5.75 Å². The Kier molecular flexibility index (Phi) is 4.43. The van der Waals surface area contributed by atoms with Crippen molar-refractivity contribution in [3.8, 4) is 5.75 Å². The third-order valence-corrected chi connectivity index (χ3v) is 3.93. The number of phenols is 1. The first-order valence-corrected chi connectivity index (χ1v) is 6.88. The fraction of sp³-hybridized carbons (Fsp3) is 0.533. The van der Waals surface area contributed by atoms with E-state index in [1.807, 2.05) is 18.2 Å². The van der Waals surface area contributed by atoms with E-state index in [0.29, 0.717) is 12.3 Å². The van der Waals surface area contributed by atoms with Crippen molar-refractivity contribution in [2.75, 3.05) is 13.1 Å². The Bertz CT molecular complexity index is 447. The molecule has 2 rings (SSSR count). The van der Waals surface area contributed by atoms with E-state index in [9.17, 15) is 9.90 Å². The zero-order valence-electron chi connectivity index (χ0n) is 11.2. The second-order valence-corrected chi connectivity index (χ2v) is 5.16. The van der Waals surface area contributed by atoms with Crippen LogP contribution in [0, 0.1) is 5.92 Å². The number of aliphatic carboxylic acids is 1. The summed E-state index contributed by atoms with van der Waals surface area (Å²) in [6.07, 6.45) is 2.52. The number of carboxylic acids is 1. The van der Waals surface area contributed by atoms with Crippen LogP contribution in [-0.2, 0) is 4.79 Å². The van der Waals surface area contributed by atoms with Crippen LogP contribution < -0.4 is 0 Å². The largest absolute Gasteiger partial charge is 0.508 e. The van der Waals surface area contributed by atoms with Gasteiger partial charge < -0.3 is 10.2 Å². The number of aromatic hydroxyl groups is 1. The number of phenolic OH excluding ortho intramolecular Hbond substituents is 1. The molecule has 1 saturated heterocycles. The summed E-state index contributed by atoms with van der Waals surface area (Å²) in [5.41, 5.74) is 0.899. The first-order chi connectivity index (χ1) is 9.13. The molecule has 1 aromatic rings. The molecule has 0 aliphatic carbocycles. The lowest BCUT2D eigenvalue weighted by molar-refractivity contribution is -0.144. The number of nitrogens with zero attached hydrogens (tertiary/aromatic N) is 1. The van der Waals surface area contributed by atoms with Crippen LogP contribution in [-0.4, -0.2) is 34.2 Å². The summed E-state index contributed by atoms with van der Waals surface area (Å²) in [6, 6.07) is 7.44. The number of benzene rings is 1. The maximum atomic E-state index is 11.1. The predicted molar refractivity (Wildman–Crippen MR) is 73.1 cm³/mol. The molecule has 104 valence electrons. The second-order valence-electron chi connectivity index (χ2n) is 5.16. The van der Waals surface area contributed by atoms with E-state index >= 15 is 0 Å². The molecule has 0 amide bonds. The van der Waals surface area contributed by atoms with Crippen molar-refractivity contribution in [1.29, 1.82) is 0 Å². The van der Waals surface area contributed by atoms with Crippen LogP contribution in [0.5, 0.6) is 5.75 Å². The zero-order chi connectivity index (χ0) is 13.8. The van der Waals surface area contributed by atoms with Gasteiger partial charge in [-0.3, -0.25) is 9.69 Å². The number of carbonyl (C=O) groups is 1. The smallest absolute Gasteiger partial charge is 0.307 e. The van der Waals surface area contributed by atoms with Crippen molar-refractivity contribution in [1.82, 2.24) is 4.90 Å². The van der Waals surface area contributed by atoms with E-state index in [0.717, 1.165) is 31.4 Å². The molecule has 1 heterocycles. The molecule has 4 nitrogen and oxygen atoms in total. The lowest BCUT2D eigenvalue weighted by atomic mass is 9.93. The van der Waals surface area contributed by atoms with E-state index in [4.69, 9.17) is 5.11 Å². The number of carboxylic acid groups (broad SMARTS) is 1. The molecule has 1 aliphatic rings. The molecule has 2 N–H and O–H groups in total. The maximum absolute atomic E-state index is 11.1. The second kappa shape index (κ2) is 6.06. The Morgan fingerprint density at radius 3 is 2.84 bits per heavy atom. The van der Waals surface area contributed by atoms with E-state index in [1.165, 1.54) is 0 Å². The number of likely N-dealkylation sites (tertiary alicyclic amines) is 1. The summed E-state index contributed by atoms with van der Waals surface area (Å²) in [6.45, 7) is 3.54. The molecule has 0 aromatic heterocycles. The average Bonchev–Trinajstić information content (AvgIpc) is 2.42. The highest BCUT2D eigenvalue weighted by molar-refractivity contribution is 5.70. The van der Waals surface area contributed by atoms with Gasteiger partial charge in [0.25, 0.3) is 0 Å². The Morgan fingerprint density at radius 1 is 1.47 bits per heavy atom. The summed E-state index contributed by atoms with van der Waals surface area (Å²) in [5.74, 6) is -0.697. The molecule has 0 saturated carbocycles. The number of para-hydroxylation sites is 1. The van der Waals surface area contributed by atoms with E-state index in [1.54, 1.807) is 6.07 Å². The number of hydrogen-bond acceptors (Lipinski definition) is 3. The molecule has 2 unspecified atom stereocenters. The number of hydrogen-bond donors (Lipinski definition) is 2. The van der Waals surface area contributed by atoms with E-state index < -0.39 is 5.97 Å². The van der Waals surface area contributed by atoms with Crippen LogP contribution in [0.1, 0.15) is 37.8 Å². The molecular formula is C15H21NO3. The van der Waals surface area contributed by atoms with Gasteiger partial charge in [-0.2, -0.15) is 0 Å². The molecular weight excluding hydrogens is 242 g/mol.